The molecule has 0 fully saturated rings. The molecule has 2 heteroatoms. The van der Waals surface area contributed by atoms with Crippen LogP contribution in [0.15, 0.2) is 73.1 Å². The highest BCUT2D eigenvalue weighted by molar-refractivity contribution is 5.32. The van der Waals surface area contributed by atoms with Gasteiger partial charge in [0.1, 0.15) is 12.4 Å². The lowest BCUT2D eigenvalue weighted by molar-refractivity contribution is -0.705. The van der Waals surface area contributed by atoms with Crippen LogP contribution in [0.1, 0.15) is 127 Å². The lowest BCUT2D eigenvalue weighted by Crippen LogP contribution is -2.43. The van der Waals surface area contributed by atoms with E-state index in [-0.39, 0.29) is 5.41 Å². The molecule has 0 aliphatic carbocycles. The van der Waals surface area contributed by atoms with E-state index < -0.39 is 0 Å². The largest absolute Gasteiger partial charge is 0.258 e. The fraction of sp³-hybridized carbons (Fsp3) is 0.571. The third-order valence-corrected chi connectivity index (χ3v) is 8.32. The molecule has 1 heterocycles. The molecule has 0 saturated heterocycles. The molecule has 0 aliphatic rings. The minimum absolute atomic E-state index is 0.0162. The van der Waals surface area contributed by atoms with Crippen LogP contribution in [0.2, 0.25) is 0 Å². The number of imidazole rings is 1. The molecule has 0 saturated carbocycles. The Hall–Kier alpha value is -2.35. The van der Waals surface area contributed by atoms with Gasteiger partial charge in [-0.2, -0.15) is 0 Å². The van der Waals surface area contributed by atoms with Crippen molar-refractivity contribution in [2.75, 3.05) is 0 Å². The lowest BCUT2D eigenvalue weighted by Gasteiger charge is -2.37. The van der Waals surface area contributed by atoms with Crippen LogP contribution < -0.4 is 4.57 Å². The molecule has 0 amide bonds. The van der Waals surface area contributed by atoms with Gasteiger partial charge in [0.05, 0.1) is 12.5 Å². The maximum atomic E-state index is 3.70. The van der Waals surface area contributed by atoms with Crippen LogP contribution in [0, 0.1) is 0 Å². The van der Waals surface area contributed by atoms with Crippen molar-refractivity contribution in [3.8, 4) is 0 Å². The zero-order valence-corrected chi connectivity index (χ0v) is 24.1. The van der Waals surface area contributed by atoms with Gasteiger partial charge in [0.15, 0.2) is 0 Å². The van der Waals surface area contributed by atoms with Gasteiger partial charge in [0.2, 0.25) is 0 Å². The number of nitrogens with one attached hydrogen (secondary N) is 1. The predicted molar refractivity (Wildman–Crippen MR) is 159 cm³/mol. The van der Waals surface area contributed by atoms with E-state index in [0.717, 1.165) is 13.0 Å². The van der Waals surface area contributed by atoms with Crippen molar-refractivity contribution in [2.45, 2.75) is 129 Å². The predicted octanol–water partition coefficient (Wildman–Crippen LogP) is 9.70. The quantitative estimate of drug-likeness (QED) is 0.125. The first kappa shape index (κ1) is 29.2. The average Bonchev–Trinajstić information content (AvgIpc) is 3.39. The van der Waals surface area contributed by atoms with Crippen molar-refractivity contribution in [1.82, 2.24) is 4.98 Å². The SMILES string of the molecule is CCCCCCCCCCCCC[n+]1cc[nH]c1C(CCC)C(C)(Cc1ccccc1)c1ccccc1. The summed E-state index contributed by atoms with van der Waals surface area (Å²) < 4.78 is 2.53. The molecule has 202 valence electrons. The van der Waals surface area contributed by atoms with Crippen molar-refractivity contribution in [2.24, 2.45) is 0 Å². The molecular formula is C35H53N2+. The molecule has 2 atom stereocenters. The van der Waals surface area contributed by atoms with Crippen molar-refractivity contribution in [3.05, 3.63) is 90.0 Å². The third kappa shape index (κ3) is 9.16. The van der Waals surface area contributed by atoms with Crippen LogP contribution in [0.5, 0.6) is 0 Å². The summed E-state index contributed by atoms with van der Waals surface area (Å²) >= 11 is 0. The van der Waals surface area contributed by atoms with Gasteiger partial charge in [-0.15, -0.1) is 0 Å². The Morgan fingerprint density at radius 2 is 1.27 bits per heavy atom. The number of hydrogen-bond acceptors (Lipinski definition) is 0. The molecule has 2 unspecified atom stereocenters. The van der Waals surface area contributed by atoms with Crippen molar-refractivity contribution < 1.29 is 4.57 Å². The van der Waals surface area contributed by atoms with Gasteiger partial charge in [-0.1, -0.05) is 146 Å². The van der Waals surface area contributed by atoms with Crippen LogP contribution >= 0.6 is 0 Å². The second kappa shape index (κ2) is 16.5. The van der Waals surface area contributed by atoms with Gasteiger partial charge in [-0.25, -0.2) is 9.55 Å². The Kier molecular flexibility index (Phi) is 13.0. The Morgan fingerprint density at radius 1 is 0.703 bits per heavy atom. The highest BCUT2D eigenvalue weighted by Crippen LogP contribution is 2.43. The second-order valence-electron chi connectivity index (χ2n) is 11.4. The summed E-state index contributed by atoms with van der Waals surface area (Å²) in [5.41, 5.74) is 2.87. The fourth-order valence-corrected chi connectivity index (χ4v) is 6.13. The number of aromatic amines is 1. The minimum Gasteiger partial charge on any atom is -0.247 e. The van der Waals surface area contributed by atoms with Crippen LogP contribution in [0.25, 0.3) is 0 Å². The number of unbranched alkanes of at least 4 members (excludes halogenated alkanes) is 10. The maximum absolute atomic E-state index is 3.70. The molecule has 3 rings (SSSR count). The van der Waals surface area contributed by atoms with E-state index >= 15 is 0 Å². The van der Waals surface area contributed by atoms with Crippen LogP contribution in [-0.2, 0) is 18.4 Å². The standard InChI is InChI=1S/C35H52N2/c1-4-6-7-8-9-10-11-12-13-14-21-28-37-29-27-36-34(37)33(22-5-2)35(3,32-25-19-16-20-26-32)30-31-23-17-15-18-24-31/h15-20,23-27,29,33H,4-14,21-22,28,30H2,1-3H3/p+1. The Labute approximate surface area is 227 Å². The van der Waals surface area contributed by atoms with Crippen LogP contribution in [-0.4, -0.2) is 4.98 Å². The van der Waals surface area contributed by atoms with Crippen molar-refractivity contribution in [1.29, 1.82) is 0 Å². The number of hydrogen-bond donors (Lipinski definition) is 1. The van der Waals surface area contributed by atoms with Crippen LogP contribution in [0.3, 0.4) is 0 Å². The van der Waals surface area contributed by atoms with E-state index in [4.69, 9.17) is 0 Å². The van der Waals surface area contributed by atoms with E-state index in [9.17, 15) is 0 Å². The molecule has 3 aromatic rings. The molecule has 0 aliphatic heterocycles. The number of nitrogens with zero attached hydrogens (tertiary/aromatic N) is 1. The molecule has 1 aromatic heterocycles. The molecule has 0 spiro atoms. The number of aryl methyl sites for hydroxylation is 1. The van der Waals surface area contributed by atoms with Gasteiger partial charge in [-0.3, -0.25) is 0 Å². The molecule has 0 radical (unpaired) electrons. The summed E-state index contributed by atoms with van der Waals surface area (Å²) in [5.74, 6) is 1.83. The van der Waals surface area contributed by atoms with Gasteiger partial charge in [0, 0.05) is 5.41 Å². The number of aromatic nitrogens is 2. The van der Waals surface area contributed by atoms with E-state index in [1.165, 1.54) is 100 Å². The molecule has 37 heavy (non-hydrogen) atoms. The smallest absolute Gasteiger partial charge is 0.247 e. The Balaban J connectivity index is 1.62. The van der Waals surface area contributed by atoms with Gasteiger partial charge in [-0.05, 0) is 36.8 Å². The van der Waals surface area contributed by atoms with E-state index in [1.54, 1.807) is 0 Å². The average molecular weight is 502 g/mol. The normalized spacial score (nSPS) is 13.9. The van der Waals surface area contributed by atoms with Gasteiger partial charge >= 0.3 is 0 Å². The van der Waals surface area contributed by atoms with E-state index in [1.807, 2.05) is 0 Å². The lowest BCUT2D eigenvalue weighted by atomic mass is 9.66. The molecular weight excluding hydrogens is 448 g/mol. The van der Waals surface area contributed by atoms with E-state index in [0.29, 0.717) is 5.92 Å². The first-order valence-corrected chi connectivity index (χ1v) is 15.3. The summed E-state index contributed by atoms with van der Waals surface area (Å²) in [6.07, 6.45) is 23.1. The highest BCUT2D eigenvalue weighted by atomic mass is 15.1. The number of H-pyrrole nitrogens is 1. The maximum Gasteiger partial charge on any atom is 0.258 e. The van der Waals surface area contributed by atoms with Crippen molar-refractivity contribution in [3.63, 3.8) is 0 Å². The first-order valence-electron chi connectivity index (χ1n) is 15.3. The third-order valence-electron chi connectivity index (χ3n) is 8.32. The Morgan fingerprint density at radius 3 is 1.86 bits per heavy atom. The highest BCUT2D eigenvalue weighted by Gasteiger charge is 2.41. The first-order chi connectivity index (χ1) is 18.2. The van der Waals surface area contributed by atoms with E-state index in [2.05, 4.69) is 103 Å². The summed E-state index contributed by atoms with van der Waals surface area (Å²) in [5, 5.41) is 0. The summed E-state index contributed by atoms with van der Waals surface area (Å²) in [4.78, 5) is 3.70. The number of benzene rings is 2. The minimum atomic E-state index is 0.0162. The zero-order valence-electron chi connectivity index (χ0n) is 24.1. The summed E-state index contributed by atoms with van der Waals surface area (Å²) in [6, 6.07) is 22.3. The topological polar surface area (TPSA) is 19.7 Å². The van der Waals surface area contributed by atoms with Gasteiger partial charge < -0.3 is 0 Å². The zero-order chi connectivity index (χ0) is 26.2. The monoisotopic (exact) mass is 501 g/mol. The molecule has 2 aromatic carbocycles. The summed E-state index contributed by atoms with van der Waals surface area (Å²) in [6.45, 7) is 8.23. The second-order valence-corrected chi connectivity index (χ2v) is 11.4. The number of rotatable bonds is 19. The molecule has 2 nitrogen and oxygen atoms in total. The molecule has 0 bridgehead atoms. The fourth-order valence-electron chi connectivity index (χ4n) is 6.13. The molecule has 1 N–H and O–H groups in total. The Bertz CT molecular complexity index is 961. The summed E-state index contributed by atoms with van der Waals surface area (Å²) in [7, 11) is 0. The van der Waals surface area contributed by atoms with Crippen molar-refractivity contribution >= 4 is 0 Å². The van der Waals surface area contributed by atoms with Gasteiger partial charge in [0.25, 0.3) is 5.82 Å². The van der Waals surface area contributed by atoms with Crippen LogP contribution in [0.4, 0.5) is 0 Å².